The summed E-state index contributed by atoms with van der Waals surface area (Å²) in [5, 5.41) is 46.8. The molecule has 1 saturated heterocycles. The van der Waals surface area contributed by atoms with E-state index < -0.39 is 78.8 Å². The Kier molecular flexibility index (Phi) is 18.1. The number of hydrogen-bond acceptors (Lipinski definition) is 10. The molecular formula is C41H62N8O10. The zero-order chi connectivity index (χ0) is 43.1. The summed E-state index contributed by atoms with van der Waals surface area (Å²) in [6.45, 7) is 4.37. The van der Waals surface area contributed by atoms with Gasteiger partial charge < -0.3 is 57.9 Å². The van der Waals surface area contributed by atoms with E-state index in [0.29, 0.717) is 32.4 Å². The molecule has 0 unspecified atom stereocenters. The molecule has 4 rings (SSSR count). The van der Waals surface area contributed by atoms with Gasteiger partial charge >= 0.3 is 11.9 Å². The fraction of sp³-hybridized carbons (Fsp3) is 0.634. The van der Waals surface area contributed by atoms with Crippen LogP contribution in [-0.2, 0) is 40.0 Å². The summed E-state index contributed by atoms with van der Waals surface area (Å²) >= 11 is 0. The molecule has 1 saturated carbocycles. The van der Waals surface area contributed by atoms with Crippen molar-refractivity contribution in [3.8, 4) is 0 Å². The number of aliphatic carboxylic acids is 2. The number of fused-ring (bicyclic) bond motifs is 1. The van der Waals surface area contributed by atoms with Gasteiger partial charge in [-0.25, -0.2) is 0 Å². The fourth-order valence-corrected chi connectivity index (χ4v) is 7.95. The van der Waals surface area contributed by atoms with E-state index in [4.69, 9.17) is 10.8 Å². The average Bonchev–Trinajstić information content (AvgIpc) is 3.58. The van der Waals surface area contributed by atoms with Gasteiger partial charge in [0.15, 0.2) is 0 Å². The summed E-state index contributed by atoms with van der Waals surface area (Å²) in [7, 11) is 0. The molecule has 5 amide bonds. The molecule has 59 heavy (non-hydrogen) atoms. The van der Waals surface area contributed by atoms with E-state index in [9.17, 15) is 43.8 Å². The number of aromatic nitrogens is 1. The number of nitrogens with one attached hydrogen (secondary N) is 7. The van der Waals surface area contributed by atoms with Crippen molar-refractivity contribution >= 4 is 52.4 Å². The normalized spacial score (nSPS) is 21.4. The van der Waals surface area contributed by atoms with Gasteiger partial charge in [-0.15, -0.1) is 0 Å². The minimum Gasteiger partial charge on any atom is -0.481 e. The molecule has 1 aliphatic carbocycles. The van der Waals surface area contributed by atoms with E-state index in [-0.39, 0.29) is 68.2 Å². The van der Waals surface area contributed by atoms with Crippen molar-refractivity contribution < 1.29 is 48.9 Å². The molecule has 2 fully saturated rings. The number of H-pyrrole nitrogens is 1. The third kappa shape index (κ3) is 14.9. The highest BCUT2D eigenvalue weighted by Crippen LogP contribution is 2.26. The van der Waals surface area contributed by atoms with Gasteiger partial charge in [0, 0.05) is 79.5 Å². The van der Waals surface area contributed by atoms with Gasteiger partial charge in [0.25, 0.3) is 0 Å². The van der Waals surface area contributed by atoms with Crippen LogP contribution in [0.3, 0.4) is 0 Å². The quantitative estimate of drug-likeness (QED) is 0.0770. The monoisotopic (exact) mass is 826 g/mol. The number of hydrogen-bond donors (Lipinski definition) is 11. The molecule has 1 aromatic heterocycles. The first-order valence-corrected chi connectivity index (χ1v) is 20.7. The van der Waals surface area contributed by atoms with Crippen LogP contribution in [0.5, 0.6) is 0 Å². The molecule has 1 aromatic carbocycles. The molecule has 0 spiro atoms. The first-order valence-electron chi connectivity index (χ1n) is 20.7. The van der Waals surface area contributed by atoms with Crippen LogP contribution in [0.15, 0.2) is 30.5 Å². The van der Waals surface area contributed by atoms with Gasteiger partial charge in [-0.1, -0.05) is 44.9 Å². The lowest BCUT2D eigenvalue weighted by Gasteiger charge is -2.33. The van der Waals surface area contributed by atoms with Crippen LogP contribution in [0.25, 0.3) is 10.9 Å². The summed E-state index contributed by atoms with van der Waals surface area (Å²) in [6, 6.07) is 3.67. The molecule has 2 heterocycles. The Bertz CT molecular complexity index is 1770. The van der Waals surface area contributed by atoms with Crippen molar-refractivity contribution in [2.24, 2.45) is 23.5 Å². The van der Waals surface area contributed by atoms with Gasteiger partial charge in [0.1, 0.15) is 0 Å². The molecular weight excluding hydrogens is 764 g/mol. The van der Waals surface area contributed by atoms with Crippen LogP contribution in [0.2, 0.25) is 0 Å². The Labute approximate surface area is 344 Å². The smallest absolute Gasteiger partial charge is 0.305 e. The number of benzene rings is 1. The summed E-state index contributed by atoms with van der Waals surface area (Å²) in [5.41, 5.74) is 7.83. The largest absolute Gasteiger partial charge is 0.481 e. The van der Waals surface area contributed by atoms with Gasteiger partial charge in [-0.05, 0) is 56.2 Å². The molecule has 1 aliphatic heterocycles. The predicted molar refractivity (Wildman–Crippen MR) is 217 cm³/mol. The Morgan fingerprint density at radius 1 is 0.780 bits per heavy atom. The maximum atomic E-state index is 14.1. The summed E-state index contributed by atoms with van der Waals surface area (Å²) in [4.78, 5) is 92.7. The van der Waals surface area contributed by atoms with Crippen molar-refractivity contribution in [3.63, 3.8) is 0 Å². The third-order valence-corrected chi connectivity index (χ3v) is 11.3. The van der Waals surface area contributed by atoms with Crippen molar-refractivity contribution in [1.29, 1.82) is 0 Å². The second-order valence-electron chi connectivity index (χ2n) is 16.3. The van der Waals surface area contributed by atoms with Gasteiger partial charge in [0.05, 0.1) is 30.9 Å². The Morgan fingerprint density at radius 3 is 2.15 bits per heavy atom. The minimum atomic E-state index is -1.19. The van der Waals surface area contributed by atoms with Crippen LogP contribution in [0.1, 0.15) is 90.0 Å². The lowest BCUT2D eigenvalue weighted by Crippen LogP contribution is -2.54. The highest BCUT2D eigenvalue weighted by molar-refractivity contribution is 5.86. The van der Waals surface area contributed by atoms with Crippen molar-refractivity contribution in [3.05, 3.63) is 36.0 Å². The number of carbonyl (C=O) groups excluding carboxylic acids is 5. The Balaban J connectivity index is 1.39. The van der Waals surface area contributed by atoms with Crippen LogP contribution < -0.4 is 37.6 Å². The number of aliphatic hydroxyl groups is 1. The minimum absolute atomic E-state index is 0.0737. The van der Waals surface area contributed by atoms with Crippen LogP contribution >= 0.6 is 0 Å². The zero-order valence-corrected chi connectivity index (χ0v) is 34.0. The lowest BCUT2D eigenvalue weighted by atomic mass is 9.83. The number of carbonyl (C=O) groups is 7. The fourth-order valence-electron chi connectivity index (χ4n) is 7.95. The van der Waals surface area contributed by atoms with Gasteiger partial charge in [0.2, 0.25) is 29.5 Å². The number of carboxylic acid groups (broad SMARTS) is 2. The molecule has 12 N–H and O–H groups in total. The highest BCUT2D eigenvalue weighted by Gasteiger charge is 2.35. The zero-order valence-electron chi connectivity index (χ0n) is 34.0. The van der Waals surface area contributed by atoms with E-state index in [0.717, 1.165) is 29.3 Å². The third-order valence-electron chi connectivity index (χ3n) is 11.3. The maximum Gasteiger partial charge on any atom is 0.305 e. The summed E-state index contributed by atoms with van der Waals surface area (Å²) in [6.07, 6.45) is 3.89. The van der Waals surface area contributed by atoms with Crippen molar-refractivity contribution in [2.45, 2.75) is 127 Å². The van der Waals surface area contributed by atoms with Crippen LogP contribution in [0, 0.1) is 17.8 Å². The number of aromatic amines is 1. The van der Waals surface area contributed by atoms with Gasteiger partial charge in [-0.2, -0.15) is 0 Å². The maximum absolute atomic E-state index is 14.1. The van der Waals surface area contributed by atoms with E-state index in [1.54, 1.807) is 6.20 Å². The predicted octanol–water partition coefficient (Wildman–Crippen LogP) is 0.420. The molecule has 18 heteroatoms. The number of rotatable bonds is 22. The SMILES string of the molecule is CC(C)[C@@H](CC(=O)N[C@@H]1CCCC[C@H]1C(=O)N[C@H](CC(=O)N[C@@H](CCC(=O)O)CC(=O)O)Cc1c[nH]c2ccccc12)NC(=O)C[C@H](CO)NC(=O)[C@@H]1CNCC[C@H]1N. The first-order chi connectivity index (χ1) is 28.1. The van der Waals surface area contributed by atoms with Crippen molar-refractivity contribution in [1.82, 2.24) is 36.9 Å². The summed E-state index contributed by atoms with van der Waals surface area (Å²) < 4.78 is 0. The number of carboxylic acids is 2. The molecule has 326 valence electrons. The number of amides is 5. The second kappa shape index (κ2) is 22.9. The first kappa shape index (κ1) is 46.6. The average molecular weight is 827 g/mol. The number of aliphatic hydroxyl groups excluding tert-OH is 1. The topological polar surface area (TPSA) is 294 Å². The number of nitrogens with two attached hydrogens (primary N) is 1. The lowest BCUT2D eigenvalue weighted by molar-refractivity contribution is -0.140. The van der Waals surface area contributed by atoms with E-state index in [1.807, 2.05) is 38.1 Å². The van der Waals surface area contributed by atoms with Gasteiger partial charge in [-0.3, -0.25) is 33.6 Å². The van der Waals surface area contributed by atoms with Crippen molar-refractivity contribution in [2.75, 3.05) is 19.7 Å². The van der Waals surface area contributed by atoms with E-state index >= 15 is 0 Å². The number of para-hydroxylation sites is 1. The molecule has 2 aliphatic rings. The number of piperidine rings is 1. The van der Waals surface area contributed by atoms with Crippen LogP contribution in [-0.4, -0.2) is 118 Å². The summed E-state index contributed by atoms with van der Waals surface area (Å²) in [5.74, 6) is -5.60. The molecule has 8 atom stereocenters. The molecule has 0 bridgehead atoms. The second-order valence-corrected chi connectivity index (χ2v) is 16.3. The van der Waals surface area contributed by atoms with E-state index in [2.05, 4.69) is 36.9 Å². The molecule has 2 aromatic rings. The van der Waals surface area contributed by atoms with E-state index in [1.165, 1.54) is 0 Å². The highest BCUT2D eigenvalue weighted by atomic mass is 16.4. The standard InChI is InChI=1S/C41H62N8O10/c1-23(2)34(49-36(52)17-27(22-50)47-41(59)30-21-43-14-13-31(30)42)19-37(53)48-33-10-6-4-8-29(33)40(58)46-26(15-24-20-44-32-9-5-3-7-28(24)32)16-35(51)45-25(18-39(56)57)11-12-38(54)55/h3,5,7,9,20,23,25-27,29-31,33-34,43-44,50H,4,6,8,10-19,21-22,42H2,1-2H3,(H,45,51)(H,46,58)(H,47,59)(H,48,53)(H,49,52)(H,54,55)(H,56,57)/t25-,26-,27+,29+,30+,31+,33+,34+/m0/s1. The molecule has 0 radical (unpaired) electrons. The Hall–Kier alpha value is -5.07. The Morgan fingerprint density at radius 2 is 1.46 bits per heavy atom. The van der Waals surface area contributed by atoms with Crippen LogP contribution in [0.4, 0.5) is 0 Å². The molecule has 18 nitrogen and oxygen atoms in total.